The monoisotopic (exact) mass is 479 g/mol. The maximum Gasteiger partial charge on any atom is 0.255 e. The zero-order chi connectivity index (χ0) is 22.7. The van der Waals surface area contributed by atoms with Crippen molar-refractivity contribution < 1.29 is 17.6 Å². The molecule has 0 bridgehead atoms. The molecule has 11 heteroatoms. The van der Waals surface area contributed by atoms with Crippen LogP contribution in [0.4, 0.5) is 10.3 Å². The van der Waals surface area contributed by atoms with Gasteiger partial charge in [0.15, 0.2) is 5.82 Å². The SMILES string of the molecule is C[C@@]12CCCCN1C(=O)c1cc(-c3nc(NC4CCN(S(C)(=O)=O)CC4)ncc3F)sc12. The molecule has 0 spiro atoms. The summed E-state index contributed by atoms with van der Waals surface area (Å²) in [5.74, 6) is -0.194. The first-order valence-corrected chi connectivity index (χ1v) is 13.5. The number of thiophene rings is 1. The van der Waals surface area contributed by atoms with Crippen molar-refractivity contribution in [2.75, 3.05) is 31.2 Å². The highest BCUT2D eigenvalue weighted by Crippen LogP contribution is 2.50. The van der Waals surface area contributed by atoms with Crippen LogP contribution in [0.5, 0.6) is 0 Å². The van der Waals surface area contributed by atoms with Crippen LogP contribution in [0.25, 0.3) is 10.6 Å². The number of anilines is 1. The molecule has 0 saturated carbocycles. The Hall–Kier alpha value is -2.11. The first kappa shape index (κ1) is 21.7. The minimum atomic E-state index is -3.19. The molecule has 1 amide bonds. The third-order valence-corrected chi connectivity index (χ3v) is 9.52. The Kier molecular flexibility index (Phi) is 5.25. The minimum absolute atomic E-state index is 0.0101. The van der Waals surface area contributed by atoms with Gasteiger partial charge in [-0.3, -0.25) is 4.79 Å². The van der Waals surface area contributed by atoms with Crippen molar-refractivity contribution in [2.24, 2.45) is 0 Å². The maximum absolute atomic E-state index is 14.7. The Morgan fingerprint density at radius 2 is 2.00 bits per heavy atom. The average Bonchev–Trinajstić information content (AvgIpc) is 3.28. The van der Waals surface area contributed by atoms with E-state index in [2.05, 4.69) is 22.2 Å². The van der Waals surface area contributed by atoms with Crippen LogP contribution in [0.3, 0.4) is 0 Å². The van der Waals surface area contributed by atoms with Gasteiger partial charge >= 0.3 is 0 Å². The Morgan fingerprint density at radius 1 is 1.25 bits per heavy atom. The van der Waals surface area contributed by atoms with Gasteiger partial charge < -0.3 is 10.2 Å². The number of carbonyl (C=O) groups is 1. The fourth-order valence-corrected chi connectivity index (χ4v) is 7.22. The molecule has 0 aliphatic carbocycles. The fraction of sp³-hybridized carbons (Fsp3) is 0.571. The van der Waals surface area contributed by atoms with Gasteiger partial charge in [0.1, 0.15) is 5.69 Å². The van der Waals surface area contributed by atoms with Gasteiger partial charge in [0.2, 0.25) is 16.0 Å². The quantitative estimate of drug-likeness (QED) is 0.724. The lowest BCUT2D eigenvalue weighted by Gasteiger charge is -2.39. The lowest BCUT2D eigenvalue weighted by Crippen LogP contribution is -2.44. The van der Waals surface area contributed by atoms with Crippen LogP contribution in [0, 0.1) is 5.82 Å². The van der Waals surface area contributed by atoms with Gasteiger partial charge in [-0.1, -0.05) is 0 Å². The van der Waals surface area contributed by atoms with Gasteiger partial charge in [-0.25, -0.2) is 27.1 Å². The first-order valence-electron chi connectivity index (χ1n) is 10.9. The van der Waals surface area contributed by atoms with Crippen LogP contribution in [-0.4, -0.2) is 65.4 Å². The predicted molar refractivity (Wildman–Crippen MR) is 121 cm³/mol. The minimum Gasteiger partial charge on any atom is -0.351 e. The molecule has 0 radical (unpaired) electrons. The molecule has 0 aromatic carbocycles. The number of amides is 1. The van der Waals surface area contributed by atoms with Crippen LogP contribution in [0.2, 0.25) is 0 Å². The second kappa shape index (κ2) is 7.74. The zero-order valence-electron chi connectivity index (χ0n) is 18.1. The van der Waals surface area contributed by atoms with Crippen LogP contribution in [0.15, 0.2) is 12.3 Å². The molecular weight excluding hydrogens is 453 g/mol. The van der Waals surface area contributed by atoms with Crippen molar-refractivity contribution in [1.82, 2.24) is 19.2 Å². The number of fused-ring (bicyclic) bond motifs is 3. The zero-order valence-corrected chi connectivity index (χ0v) is 19.7. The van der Waals surface area contributed by atoms with Crippen LogP contribution in [-0.2, 0) is 15.6 Å². The van der Waals surface area contributed by atoms with E-state index in [0.29, 0.717) is 42.3 Å². The van der Waals surface area contributed by atoms with Gasteiger partial charge in [-0.05, 0) is 45.1 Å². The summed E-state index contributed by atoms with van der Waals surface area (Å²) in [7, 11) is -3.19. The van der Waals surface area contributed by atoms with Gasteiger partial charge in [0, 0.05) is 30.6 Å². The summed E-state index contributed by atoms with van der Waals surface area (Å²) in [6, 6.07) is 1.78. The Labute approximate surface area is 190 Å². The second-order valence-corrected chi connectivity index (χ2v) is 12.0. The number of hydrogen-bond donors (Lipinski definition) is 1. The standard InChI is InChI=1S/C21H26FN5O3S2/c1-21-7-3-4-8-27(21)19(28)14-11-16(31-18(14)21)17-15(22)12-23-20(25-17)24-13-5-9-26(10-6-13)32(2,29)30/h11-13H,3-10H2,1-2H3,(H,23,24,25)/t21-/m0/s1. The highest BCUT2D eigenvalue weighted by atomic mass is 32.2. The Balaban J connectivity index is 1.38. The molecule has 0 unspecified atom stereocenters. The van der Waals surface area contributed by atoms with E-state index in [4.69, 9.17) is 0 Å². The molecule has 5 heterocycles. The molecule has 3 aliphatic rings. The van der Waals surface area contributed by atoms with E-state index in [1.807, 2.05) is 4.90 Å². The van der Waals surface area contributed by atoms with E-state index < -0.39 is 15.8 Å². The molecule has 2 aromatic heterocycles. The van der Waals surface area contributed by atoms with Gasteiger partial charge in [0.05, 0.1) is 28.4 Å². The van der Waals surface area contributed by atoms with Crippen molar-refractivity contribution >= 4 is 33.2 Å². The molecule has 32 heavy (non-hydrogen) atoms. The molecule has 2 saturated heterocycles. The van der Waals surface area contributed by atoms with Crippen molar-refractivity contribution in [3.05, 3.63) is 28.5 Å². The summed E-state index contributed by atoms with van der Waals surface area (Å²) in [6.07, 6.45) is 6.61. The Morgan fingerprint density at radius 3 is 2.72 bits per heavy atom. The van der Waals surface area contributed by atoms with E-state index >= 15 is 0 Å². The van der Waals surface area contributed by atoms with Gasteiger partial charge in [-0.2, -0.15) is 0 Å². The highest BCUT2D eigenvalue weighted by Gasteiger charge is 2.49. The number of carbonyl (C=O) groups excluding carboxylic acids is 1. The first-order chi connectivity index (χ1) is 15.2. The molecule has 1 atom stereocenters. The number of halogens is 1. The van der Waals surface area contributed by atoms with Crippen LogP contribution in [0.1, 0.15) is 54.3 Å². The van der Waals surface area contributed by atoms with Crippen molar-refractivity contribution in [1.29, 1.82) is 0 Å². The lowest BCUT2D eigenvalue weighted by atomic mass is 9.89. The largest absolute Gasteiger partial charge is 0.351 e. The predicted octanol–water partition coefficient (Wildman–Crippen LogP) is 3.04. The highest BCUT2D eigenvalue weighted by molar-refractivity contribution is 7.88. The molecule has 8 nitrogen and oxygen atoms in total. The number of hydrogen-bond acceptors (Lipinski definition) is 7. The maximum atomic E-state index is 14.7. The fourth-order valence-electron chi connectivity index (χ4n) is 5.02. The number of piperidine rings is 2. The normalized spacial score (nSPS) is 24.5. The lowest BCUT2D eigenvalue weighted by molar-refractivity contribution is 0.0470. The smallest absolute Gasteiger partial charge is 0.255 e. The molecule has 2 aromatic rings. The summed E-state index contributed by atoms with van der Waals surface area (Å²) < 4.78 is 39.5. The Bertz CT molecular complexity index is 1180. The van der Waals surface area contributed by atoms with Crippen LogP contribution >= 0.6 is 11.3 Å². The molecular formula is C21H26FN5O3S2. The third-order valence-electron chi connectivity index (χ3n) is 6.82. The number of sulfonamides is 1. The van der Waals surface area contributed by atoms with E-state index in [-0.39, 0.29) is 23.2 Å². The van der Waals surface area contributed by atoms with Crippen LogP contribution < -0.4 is 5.32 Å². The summed E-state index contributed by atoms with van der Waals surface area (Å²) in [5, 5.41) is 3.22. The van der Waals surface area contributed by atoms with E-state index in [1.165, 1.54) is 21.9 Å². The number of aromatic nitrogens is 2. The molecule has 5 rings (SSSR count). The topological polar surface area (TPSA) is 95.5 Å². The number of rotatable bonds is 4. The second-order valence-electron chi connectivity index (χ2n) is 9.01. The van der Waals surface area contributed by atoms with Crippen molar-refractivity contribution in [2.45, 2.75) is 50.6 Å². The van der Waals surface area contributed by atoms with E-state index in [0.717, 1.165) is 36.9 Å². The van der Waals surface area contributed by atoms with E-state index in [9.17, 15) is 17.6 Å². The molecule has 172 valence electrons. The van der Waals surface area contributed by atoms with E-state index in [1.54, 1.807) is 6.07 Å². The number of nitrogens with one attached hydrogen (secondary N) is 1. The van der Waals surface area contributed by atoms with Gasteiger partial charge in [-0.15, -0.1) is 11.3 Å². The molecule has 1 N–H and O–H groups in total. The number of nitrogens with zero attached hydrogens (tertiary/aromatic N) is 4. The average molecular weight is 480 g/mol. The third kappa shape index (κ3) is 3.60. The molecule has 3 aliphatic heterocycles. The summed E-state index contributed by atoms with van der Waals surface area (Å²) in [5.41, 5.74) is 0.537. The molecule has 2 fully saturated rings. The summed E-state index contributed by atoms with van der Waals surface area (Å²) in [4.78, 5) is 25.0. The van der Waals surface area contributed by atoms with Gasteiger partial charge in [0.25, 0.3) is 5.91 Å². The van der Waals surface area contributed by atoms with Crippen molar-refractivity contribution in [3.63, 3.8) is 0 Å². The van der Waals surface area contributed by atoms with Crippen molar-refractivity contribution in [3.8, 4) is 10.6 Å². The summed E-state index contributed by atoms with van der Waals surface area (Å²) in [6.45, 7) is 3.72. The summed E-state index contributed by atoms with van der Waals surface area (Å²) >= 11 is 1.44.